The minimum atomic E-state index is -3.28. The Bertz CT molecular complexity index is 2000. The Balaban J connectivity index is 1.57. The molecule has 0 saturated carbocycles. The van der Waals surface area contributed by atoms with E-state index < -0.39 is 240 Å². The Morgan fingerprint density at radius 2 is 0.974 bits per heavy atom. The van der Waals surface area contributed by atoms with Crippen LogP contribution in [0.25, 0.3) is 0 Å². The highest BCUT2D eigenvalue weighted by Crippen LogP contribution is 2.40. The molecule has 0 radical (unpaired) electrons. The van der Waals surface area contributed by atoms with Gasteiger partial charge in [-0.3, -0.25) is 14.4 Å². The van der Waals surface area contributed by atoms with Gasteiger partial charge in [0.15, 0.2) is 18.9 Å². The number of hydrogen-bond donors (Lipinski definition) is 21. The van der Waals surface area contributed by atoms with Crippen LogP contribution in [0.3, 0.4) is 0 Å². The number of aliphatic hydroxyl groups excluding tert-OH is 16. The van der Waals surface area contributed by atoms with Crippen molar-refractivity contribution in [2.45, 2.75) is 198 Å². The summed E-state index contributed by atoms with van der Waals surface area (Å²) in [4.78, 5) is 63.3. The molecular weight excluding hydrogens is 1060 g/mol. The topological polar surface area (TPSA) is 569 Å². The Labute approximate surface area is 434 Å². The summed E-state index contributed by atoms with van der Waals surface area (Å²) in [6.45, 7) is -3.02. The molecule has 35 heteroatoms. The summed E-state index contributed by atoms with van der Waals surface area (Å²) in [5.74, 6) is -13.3. The average molecular weight is 1130 g/mol. The van der Waals surface area contributed by atoms with E-state index in [-0.39, 0.29) is 0 Å². The number of ether oxygens (including phenoxy) is 9. The van der Waals surface area contributed by atoms with Crippen molar-refractivity contribution in [1.82, 2.24) is 16.0 Å². The molecule has 77 heavy (non-hydrogen) atoms. The molecule has 444 valence electrons. The van der Waals surface area contributed by atoms with Gasteiger partial charge in [0.05, 0.1) is 57.3 Å². The van der Waals surface area contributed by atoms with Crippen molar-refractivity contribution in [2.75, 3.05) is 33.0 Å². The van der Waals surface area contributed by atoms with Crippen LogP contribution in [-0.2, 0) is 66.6 Å². The lowest BCUT2D eigenvalue weighted by atomic mass is 9.88. The van der Waals surface area contributed by atoms with Gasteiger partial charge < -0.3 is 150 Å². The lowest BCUT2D eigenvalue weighted by molar-refractivity contribution is -0.387. The highest BCUT2D eigenvalue weighted by Gasteiger charge is 2.62. The Kier molecular flexibility index (Phi) is 22.3. The van der Waals surface area contributed by atoms with Gasteiger partial charge in [-0.15, -0.1) is 0 Å². The van der Waals surface area contributed by atoms with E-state index in [0.29, 0.717) is 0 Å². The van der Waals surface area contributed by atoms with E-state index in [9.17, 15) is 116 Å². The van der Waals surface area contributed by atoms with Crippen LogP contribution in [-0.4, -0.2) is 319 Å². The summed E-state index contributed by atoms with van der Waals surface area (Å²) in [6.07, 6.45) is -50.1. The summed E-state index contributed by atoms with van der Waals surface area (Å²) in [6, 6.07) is -5.39. The van der Waals surface area contributed by atoms with Gasteiger partial charge in [-0.1, -0.05) is 0 Å². The molecule has 0 aromatic heterocycles. The lowest BCUT2D eigenvalue weighted by Crippen LogP contribution is -2.72. The van der Waals surface area contributed by atoms with Gasteiger partial charge in [0.1, 0.15) is 110 Å². The first-order chi connectivity index (χ1) is 36.0. The van der Waals surface area contributed by atoms with Crippen LogP contribution < -0.4 is 16.0 Å². The largest absolute Gasteiger partial charge is 0.477 e. The molecule has 27 atom stereocenters. The zero-order valence-corrected chi connectivity index (χ0v) is 41.1. The number of aliphatic hydroxyl groups is 16. The van der Waals surface area contributed by atoms with Crippen LogP contribution in [0.4, 0.5) is 0 Å². The molecule has 1 unspecified atom stereocenters. The fourth-order valence-corrected chi connectivity index (χ4v) is 9.53. The molecule has 5 aliphatic heterocycles. The summed E-state index contributed by atoms with van der Waals surface area (Å²) >= 11 is 0. The SMILES string of the molecule is CC(=O)N[C@H]1[C@H](O[C@@H]2[C@H](O)[C@@H](O)C(O)O[C@@H]2CO)O[C@H](CO[C@]2(C(=O)O)C[C@H](O)[C@@H](NC(C)=O)[C@H]([C@H](O)[C@H](O)CO)O2)[C@H](O)[C@@H]1O[C@@H]1O[C@H](CO)[C@H](O)[C@H](O[C@]2(C(=O)O)C[C@H](O)[C@@H](NC(C)=O)[C@H]([C@H](O)[C@H](O)CO)O2)[C@H]1O. The number of carboxylic acid groups (broad SMARTS) is 2. The predicted molar refractivity (Wildman–Crippen MR) is 236 cm³/mol. The number of nitrogens with one attached hydrogen (secondary N) is 3. The molecule has 5 aliphatic rings. The number of carbonyl (C=O) groups excluding carboxylic acids is 3. The van der Waals surface area contributed by atoms with Crippen molar-refractivity contribution in [1.29, 1.82) is 0 Å². The van der Waals surface area contributed by atoms with E-state index in [0.717, 1.165) is 20.8 Å². The van der Waals surface area contributed by atoms with Crippen LogP contribution in [0, 0.1) is 0 Å². The molecule has 0 spiro atoms. The highest BCUT2D eigenvalue weighted by atomic mass is 16.8. The number of carboxylic acids is 2. The lowest BCUT2D eigenvalue weighted by Gasteiger charge is -2.51. The standard InChI is InChI=1S/C42H69N3O32/c1-11(50)43-21-14(53)4-41(39(65)66,75-33(21)24(57)16(55)6-46)69-10-20-27(60)32(23(45-13(3)52)37(72-20)73-31-19(9-49)70-36(64)29(62)28(31)61)74-38-30(63)35(26(59)18(8-48)71-38)77-42(40(67)68)5-15(54)22(44-12(2)51)34(76-42)25(58)17(56)7-47/h14-38,46-49,53-64H,4-10H2,1-3H3,(H,43,50)(H,44,51)(H,45,52)(H,65,66)(H,67,68)/t14-,15-,16+,17+,18+,19+,20+,21+,22+,23+,24+,25+,26-,27-,28+,29+,30+,31-,32+,33+,34+,35-,36?,37-,38-,41+,42-/m0/s1. The molecule has 5 rings (SSSR count). The van der Waals surface area contributed by atoms with Crippen molar-refractivity contribution in [3.8, 4) is 0 Å². The third kappa shape index (κ3) is 14.1. The number of hydrogen-bond acceptors (Lipinski definition) is 30. The van der Waals surface area contributed by atoms with Gasteiger partial charge in [0.25, 0.3) is 11.6 Å². The second-order valence-electron chi connectivity index (χ2n) is 19.0. The van der Waals surface area contributed by atoms with E-state index in [1.807, 2.05) is 0 Å². The van der Waals surface area contributed by atoms with Crippen molar-refractivity contribution in [3.63, 3.8) is 0 Å². The molecule has 3 amide bonds. The van der Waals surface area contributed by atoms with Crippen LogP contribution in [0.2, 0.25) is 0 Å². The van der Waals surface area contributed by atoms with Gasteiger partial charge in [0.2, 0.25) is 17.7 Å². The quantitative estimate of drug-likeness (QED) is 0.0479. The first-order valence-corrected chi connectivity index (χ1v) is 23.8. The van der Waals surface area contributed by atoms with Gasteiger partial charge in [-0.05, 0) is 0 Å². The zero-order valence-electron chi connectivity index (χ0n) is 41.1. The minimum absolute atomic E-state index is 0.840. The molecule has 5 saturated heterocycles. The first-order valence-electron chi connectivity index (χ1n) is 23.8. The normalized spacial score (nSPS) is 43.2. The minimum Gasteiger partial charge on any atom is -0.477 e. The first kappa shape index (κ1) is 64.2. The molecule has 5 heterocycles. The maximum Gasteiger partial charge on any atom is 0.364 e. The second kappa shape index (κ2) is 26.7. The number of amides is 3. The monoisotopic (exact) mass is 1130 g/mol. The molecule has 0 aromatic rings. The van der Waals surface area contributed by atoms with Crippen molar-refractivity contribution < 1.29 is 159 Å². The second-order valence-corrected chi connectivity index (χ2v) is 19.0. The van der Waals surface area contributed by atoms with Gasteiger partial charge in [0, 0.05) is 33.6 Å². The fourth-order valence-electron chi connectivity index (χ4n) is 9.53. The summed E-state index contributed by atoms with van der Waals surface area (Å²) < 4.78 is 51.4. The molecule has 35 nitrogen and oxygen atoms in total. The summed E-state index contributed by atoms with van der Waals surface area (Å²) in [5, 5.41) is 200. The molecule has 0 aromatic carbocycles. The third-order valence-electron chi connectivity index (χ3n) is 13.5. The predicted octanol–water partition coefficient (Wildman–Crippen LogP) is -13.1. The van der Waals surface area contributed by atoms with E-state index in [1.165, 1.54) is 0 Å². The number of aliphatic carboxylic acids is 2. The van der Waals surface area contributed by atoms with Crippen molar-refractivity contribution in [3.05, 3.63) is 0 Å². The molecule has 5 fully saturated rings. The molecule has 0 aliphatic carbocycles. The van der Waals surface area contributed by atoms with Crippen LogP contribution in [0.1, 0.15) is 33.6 Å². The van der Waals surface area contributed by atoms with Gasteiger partial charge in [-0.2, -0.15) is 0 Å². The molecular formula is C42H69N3O32. The van der Waals surface area contributed by atoms with Crippen LogP contribution in [0.5, 0.6) is 0 Å². The average Bonchev–Trinajstić information content (AvgIpc) is 3.37. The maximum absolute atomic E-state index is 13.1. The maximum atomic E-state index is 13.1. The Morgan fingerprint density at radius 1 is 0.532 bits per heavy atom. The summed E-state index contributed by atoms with van der Waals surface area (Å²) in [5.41, 5.74) is 0. The third-order valence-corrected chi connectivity index (χ3v) is 13.5. The Hall–Kier alpha value is -3.65. The van der Waals surface area contributed by atoms with Gasteiger partial charge in [-0.25, -0.2) is 9.59 Å². The van der Waals surface area contributed by atoms with E-state index in [2.05, 4.69) is 16.0 Å². The molecule has 21 N–H and O–H groups in total. The van der Waals surface area contributed by atoms with Gasteiger partial charge >= 0.3 is 11.9 Å². The fraction of sp³-hybridized carbons (Fsp3) is 0.881. The summed E-state index contributed by atoms with van der Waals surface area (Å²) in [7, 11) is 0. The molecule has 0 bridgehead atoms. The van der Waals surface area contributed by atoms with Crippen molar-refractivity contribution in [2.24, 2.45) is 0 Å². The highest BCUT2D eigenvalue weighted by molar-refractivity contribution is 5.77. The smallest absolute Gasteiger partial charge is 0.364 e. The number of carbonyl (C=O) groups is 5. The van der Waals surface area contributed by atoms with E-state index >= 15 is 0 Å². The zero-order chi connectivity index (χ0) is 57.8. The van der Waals surface area contributed by atoms with Crippen LogP contribution >= 0.6 is 0 Å². The Morgan fingerprint density at radius 3 is 1.44 bits per heavy atom. The van der Waals surface area contributed by atoms with E-state index in [1.54, 1.807) is 0 Å². The number of rotatable bonds is 22. The van der Waals surface area contributed by atoms with Crippen molar-refractivity contribution >= 4 is 29.7 Å². The van der Waals surface area contributed by atoms with E-state index in [4.69, 9.17) is 42.6 Å². The van der Waals surface area contributed by atoms with Crippen LogP contribution in [0.15, 0.2) is 0 Å².